The zero-order chi connectivity index (χ0) is 18.4. The highest BCUT2D eigenvalue weighted by Crippen LogP contribution is 2.15. The Kier molecular flexibility index (Phi) is 5.60. The van der Waals surface area contributed by atoms with Crippen molar-refractivity contribution in [2.45, 2.75) is 6.92 Å². The van der Waals surface area contributed by atoms with E-state index in [1.807, 2.05) is 31.2 Å². The topological polar surface area (TPSA) is 80.3 Å². The second-order valence-electron chi connectivity index (χ2n) is 5.52. The van der Waals surface area contributed by atoms with Gasteiger partial charge in [0.05, 0.1) is 0 Å². The predicted molar refractivity (Wildman–Crippen MR) is 102 cm³/mol. The number of nitrogens with one attached hydrogen (secondary N) is 2. The van der Waals surface area contributed by atoms with Crippen LogP contribution in [0.3, 0.4) is 0 Å². The van der Waals surface area contributed by atoms with Crippen LogP contribution in [0.25, 0.3) is 0 Å². The smallest absolute Gasteiger partial charge is 0.262 e. The predicted octanol–water partition coefficient (Wildman–Crippen LogP) is 3.72. The molecule has 1 aromatic heterocycles. The van der Waals surface area contributed by atoms with Crippen LogP contribution in [0.4, 0.5) is 10.8 Å². The Labute approximate surface area is 154 Å². The van der Waals surface area contributed by atoms with Crippen LogP contribution in [0.2, 0.25) is 0 Å². The van der Waals surface area contributed by atoms with E-state index in [0.717, 1.165) is 5.56 Å². The molecule has 0 atom stereocenters. The van der Waals surface area contributed by atoms with Gasteiger partial charge in [0.25, 0.3) is 11.8 Å². The maximum Gasteiger partial charge on any atom is 0.262 e. The number of hydrogen-bond donors (Lipinski definition) is 2. The van der Waals surface area contributed by atoms with Crippen LogP contribution in [0.5, 0.6) is 5.75 Å². The van der Waals surface area contributed by atoms with Gasteiger partial charge in [0.15, 0.2) is 11.7 Å². The lowest BCUT2D eigenvalue weighted by Gasteiger charge is -2.08. The summed E-state index contributed by atoms with van der Waals surface area (Å²) >= 11 is 1.35. The fraction of sp³-hybridized carbons (Fsp3) is 0.105. The monoisotopic (exact) mass is 367 g/mol. The van der Waals surface area contributed by atoms with E-state index in [1.54, 1.807) is 35.8 Å². The van der Waals surface area contributed by atoms with E-state index < -0.39 is 0 Å². The first-order chi connectivity index (χ1) is 12.6. The molecule has 2 N–H and O–H groups in total. The number of rotatable bonds is 6. The second-order valence-corrected chi connectivity index (χ2v) is 6.41. The molecule has 7 heteroatoms. The quantitative estimate of drug-likeness (QED) is 0.696. The third-order valence-corrected chi connectivity index (χ3v) is 4.16. The summed E-state index contributed by atoms with van der Waals surface area (Å²) in [6.45, 7) is 1.90. The first-order valence-electron chi connectivity index (χ1n) is 7.90. The van der Waals surface area contributed by atoms with Gasteiger partial charge in [-0.1, -0.05) is 17.7 Å². The van der Waals surface area contributed by atoms with Gasteiger partial charge in [0, 0.05) is 22.8 Å². The summed E-state index contributed by atoms with van der Waals surface area (Å²) in [5, 5.41) is 7.76. The molecule has 2 amide bonds. The zero-order valence-corrected chi connectivity index (χ0v) is 14.9. The molecule has 3 rings (SSSR count). The van der Waals surface area contributed by atoms with Crippen molar-refractivity contribution < 1.29 is 14.3 Å². The Morgan fingerprint density at radius 2 is 1.77 bits per heavy atom. The number of benzene rings is 2. The molecule has 132 valence electrons. The Bertz CT molecular complexity index is 875. The molecule has 1 heterocycles. The Morgan fingerprint density at radius 1 is 1.04 bits per heavy atom. The van der Waals surface area contributed by atoms with E-state index >= 15 is 0 Å². The van der Waals surface area contributed by atoms with Gasteiger partial charge in [-0.05, 0) is 43.3 Å². The van der Waals surface area contributed by atoms with Crippen molar-refractivity contribution in [1.82, 2.24) is 4.98 Å². The number of nitrogens with zero attached hydrogens (tertiary/aromatic N) is 1. The van der Waals surface area contributed by atoms with Crippen molar-refractivity contribution in [2.75, 3.05) is 17.2 Å². The average Bonchev–Trinajstić information content (AvgIpc) is 3.15. The van der Waals surface area contributed by atoms with Crippen LogP contribution in [0.1, 0.15) is 15.9 Å². The van der Waals surface area contributed by atoms with Gasteiger partial charge >= 0.3 is 0 Å². The van der Waals surface area contributed by atoms with Gasteiger partial charge in [-0.3, -0.25) is 14.9 Å². The SMILES string of the molecule is Cc1ccc(OCC(=O)Nc2ccc(C(=O)Nc3nccs3)cc2)cc1. The summed E-state index contributed by atoms with van der Waals surface area (Å²) in [5.41, 5.74) is 2.20. The van der Waals surface area contributed by atoms with E-state index in [9.17, 15) is 9.59 Å². The number of carbonyl (C=O) groups excluding carboxylic acids is 2. The van der Waals surface area contributed by atoms with Crippen molar-refractivity contribution >= 4 is 34.0 Å². The van der Waals surface area contributed by atoms with Gasteiger partial charge in [0.1, 0.15) is 5.75 Å². The number of thiazole rings is 1. The standard InChI is InChI=1S/C19H17N3O3S/c1-13-2-8-16(9-3-13)25-12-17(23)21-15-6-4-14(5-7-15)18(24)22-19-20-10-11-26-19/h2-11H,12H2,1H3,(H,21,23)(H,20,22,24). The van der Waals surface area contributed by atoms with Crippen molar-refractivity contribution in [2.24, 2.45) is 0 Å². The fourth-order valence-corrected chi connectivity index (χ4v) is 2.66. The first kappa shape index (κ1) is 17.6. The van der Waals surface area contributed by atoms with Crippen LogP contribution in [0.15, 0.2) is 60.1 Å². The highest BCUT2D eigenvalue weighted by Gasteiger charge is 2.08. The van der Waals surface area contributed by atoms with Crippen molar-refractivity contribution in [3.63, 3.8) is 0 Å². The van der Waals surface area contributed by atoms with E-state index in [4.69, 9.17) is 4.74 Å². The lowest BCUT2D eigenvalue weighted by atomic mass is 10.2. The van der Waals surface area contributed by atoms with E-state index in [0.29, 0.717) is 22.1 Å². The third kappa shape index (κ3) is 4.90. The zero-order valence-electron chi connectivity index (χ0n) is 14.1. The van der Waals surface area contributed by atoms with Crippen LogP contribution in [-0.4, -0.2) is 23.4 Å². The highest BCUT2D eigenvalue weighted by molar-refractivity contribution is 7.13. The van der Waals surface area contributed by atoms with Gasteiger partial charge in [-0.25, -0.2) is 4.98 Å². The first-order valence-corrected chi connectivity index (χ1v) is 8.78. The number of aromatic nitrogens is 1. The average molecular weight is 367 g/mol. The van der Waals surface area contributed by atoms with E-state index in [2.05, 4.69) is 15.6 Å². The second kappa shape index (κ2) is 8.26. The molecular weight excluding hydrogens is 350 g/mol. The number of ether oxygens (including phenoxy) is 1. The van der Waals surface area contributed by atoms with Crippen molar-refractivity contribution in [3.8, 4) is 5.75 Å². The summed E-state index contributed by atoms with van der Waals surface area (Å²) in [7, 11) is 0. The molecule has 26 heavy (non-hydrogen) atoms. The molecule has 0 aliphatic rings. The minimum atomic E-state index is -0.273. The maximum absolute atomic E-state index is 12.1. The van der Waals surface area contributed by atoms with Crippen molar-refractivity contribution in [3.05, 3.63) is 71.2 Å². The Morgan fingerprint density at radius 3 is 2.42 bits per heavy atom. The molecule has 0 aliphatic heterocycles. The van der Waals surface area contributed by atoms with E-state index in [-0.39, 0.29) is 18.4 Å². The molecule has 0 radical (unpaired) electrons. The minimum Gasteiger partial charge on any atom is -0.484 e. The molecule has 0 saturated heterocycles. The van der Waals surface area contributed by atoms with Gasteiger partial charge in [0.2, 0.25) is 0 Å². The number of anilines is 2. The van der Waals surface area contributed by atoms with E-state index in [1.165, 1.54) is 11.3 Å². The van der Waals surface area contributed by atoms with Gasteiger partial charge in [-0.2, -0.15) is 0 Å². The molecule has 0 spiro atoms. The minimum absolute atomic E-state index is 0.0880. The third-order valence-electron chi connectivity index (χ3n) is 3.47. The molecule has 0 saturated carbocycles. The number of carbonyl (C=O) groups is 2. The fourth-order valence-electron chi connectivity index (χ4n) is 2.14. The number of hydrogen-bond acceptors (Lipinski definition) is 5. The summed E-state index contributed by atoms with van der Waals surface area (Å²) in [6.07, 6.45) is 1.62. The molecule has 0 fully saturated rings. The Balaban J connectivity index is 1.51. The van der Waals surface area contributed by atoms with Gasteiger partial charge < -0.3 is 10.1 Å². The van der Waals surface area contributed by atoms with Gasteiger partial charge in [-0.15, -0.1) is 11.3 Å². The molecule has 0 aliphatic carbocycles. The summed E-state index contributed by atoms with van der Waals surface area (Å²) < 4.78 is 5.43. The summed E-state index contributed by atoms with van der Waals surface area (Å²) in [6, 6.07) is 14.1. The lowest BCUT2D eigenvalue weighted by molar-refractivity contribution is -0.118. The van der Waals surface area contributed by atoms with Crippen LogP contribution in [0, 0.1) is 6.92 Å². The van der Waals surface area contributed by atoms with Crippen LogP contribution < -0.4 is 15.4 Å². The largest absolute Gasteiger partial charge is 0.484 e. The molecule has 0 bridgehead atoms. The van der Waals surface area contributed by atoms with Crippen LogP contribution in [-0.2, 0) is 4.79 Å². The molecule has 6 nitrogen and oxygen atoms in total. The van der Waals surface area contributed by atoms with Crippen molar-refractivity contribution in [1.29, 1.82) is 0 Å². The summed E-state index contributed by atoms with van der Waals surface area (Å²) in [4.78, 5) is 28.0. The highest BCUT2D eigenvalue weighted by atomic mass is 32.1. The number of aryl methyl sites for hydroxylation is 1. The number of amides is 2. The lowest BCUT2D eigenvalue weighted by Crippen LogP contribution is -2.20. The van der Waals surface area contributed by atoms with Crippen LogP contribution >= 0.6 is 11.3 Å². The molecule has 0 unspecified atom stereocenters. The molecular formula is C19H17N3O3S. The Hall–Kier alpha value is -3.19. The molecule has 3 aromatic rings. The maximum atomic E-state index is 12.1. The summed E-state index contributed by atoms with van der Waals surface area (Å²) in [5.74, 6) is 0.117. The molecule has 2 aromatic carbocycles. The normalized spacial score (nSPS) is 10.2.